The normalized spacial score (nSPS) is 24.0. The van der Waals surface area contributed by atoms with E-state index in [0.29, 0.717) is 13.1 Å². The van der Waals surface area contributed by atoms with Gasteiger partial charge in [0.05, 0.1) is 12.6 Å². The fourth-order valence-corrected chi connectivity index (χ4v) is 2.75. The van der Waals surface area contributed by atoms with Crippen molar-refractivity contribution in [1.29, 1.82) is 0 Å². The van der Waals surface area contributed by atoms with E-state index >= 15 is 0 Å². The van der Waals surface area contributed by atoms with Gasteiger partial charge in [-0.3, -0.25) is 0 Å². The molecule has 1 aliphatic rings. The quantitative estimate of drug-likeness (QED) is 0.258. The van der Waals surface area contributed by atoms with E-state index in [4.69, 9.17) is 20.9 Å². The van der Waals surface area contributed by atoms with Crippen molar-refractivity contribution in [3.63, 3.8) is 0 Å². The highest BCUT2D eigenvalue weighted by Gasteiger charge is 2.44. The lowest BCUT2D eigenvalue weighted by Gasteiger charge is -2.38. The minimum atomic E-state index is -1.50. The molecule has 0 saturated carbocycles. The van der Waals surface area contributed by atoms with E-state index in [-0.39, 0.29) is 7.39 Å². The molecule has 1 heterocycles. The zero-order valence-corrected chi connectivity index (χ0v) is 15.6. The van der Waals surface area contributed by atoms with Crippen LogP contribution in [0.25, 0.3) is 0 Å². The Labute approximate surface area is 158 Å². The Bertz CT molecular complexity index is 594. The second-order valence-corrected chi connectivity index (χ2v) is 6.09. The maximum Gasteiger partial charge on any atom is 0.410 e. The summed E-state index contributed by atoms with van der Waals surface area (Å²) in [4.78, 5) is 29.0. The smallest absolute Gasteiger partial charge is 0.410 e. The van der Waals surface area contributed by atoms with Gasteiger partial charge in [0.1, 0.15) is 12.2 Å². The minimum Gasteiger partial charge on any atom is -0.479 e. The van der Waals surface area contributed by atoms with Crippen molar-refractivity contribution in [3.8, 4) is 0 Å². The van der Waals surface area contributed by atoms with E-state index in [9.17, 15) is 24.9 Å². The first-order valence-corrected chi connectivity index (χ1v) is 8.61. The van der Waals surface area contributed by atoms with Gasteiger partial charge in [-0.2, -0.15) is 0 Å². The summed E-state index contributed by atoms with van der Waals surface area (Å²) >= 11 is 0. The Morgan fingerprint density at radius 3 is 2.44 bits per heavy atom. The van der Waals surface area contributed by atoms with Gasteiger partial charge in [0, 0.05) is 20.4 Å². The predicted octanol–water partition coefficient (Wildman–Crippen LogP) is -0.922. The molecule has 0 unspecified atom stereocenters. The van der Waals surface area contributed by atoms with Crippen LogP contribution in [0.3, 0.4) is 0 Å². The first kappa shape index (κ1) is 22.5. The summed E-state index contributed by atoms with van der Waals surface area (Å²) in [6.07, 6.45) is -3.42. The van der Waals surface area contributed by atoms with Gasteiger partial charge >= 0.3 is 12.1 Å². The van der Waals surface area contributed by atoms with Crippen LogP contribution < -0.4 is 11.5 Å². The Hall–Kier alpha value is -2.53. The number of aliphatic imine (C=N–C) groups is 1. The lowest BCUT2D eigenvalue weighted by atomic mass is 9.87. The molecule has 0 aromatic rings. The minimum absolute atomic E-state index is 0. The van der Waals surface area contributed by atoms with E-state index in [1.54, 1.807) is 20.8 Å². The fourth-order valence-electron chi connectivity index (χ4n) is 2.75. The van der Waals surface area contributed by atoms with Gasteiger partial charge in [0.15, 0.2) is 12.1 Å². The van der Waals surface area contributed by atoms with Crippen LogP contribution in [0.1, 0.15) is 22.2 Å². The summed E-state index contributed by atoms with van der Waals surface area (Å²) in [6, 6.07) is -0.777. The first-order chi connectivity index (χ1) is 12.7. The van der Waals surface area contributed by atoms with E-state index < -0.39 is 54.7 Å². The summed E-state index contributed by atoms with van der Waals surface area (Å²) < 4.78 is 10.8. The monoisotopic (exact) mass is 392 g/mol. The van der Waals surface area contributed by atoms with E-state index in [0.717, 1.165) is 0 Å². The van der Waals surface area contributed by atoms with Gasteiger partial charge in [0.2, 0.25) is 5.76 Å². The second kappa shape index (κ2) is 9.97. The molecule has 0 fully saturated rings. The summed E-state index contributed by atoms with van der Waals surface area (Å²) in [7, 11) is 0. The number of ether oxygens (including phenoxy) is 2. The Balaban J connectivity index is 0.00000729. The first-order valence-electron chi connectivity index (χ1n) is 8.61. The van der Waals surface area contributed by atoms with Gasteiger partial charge in [-0.25, -0.2) is 14.6 Å². The average Bonchev–Trinajstić information content (AvgIpc) is 2.61. The molecule has 0 saturated heterocycles. The second-order valence-electron chi connectivity index (χ2n) is 6.09. The van der Waals surface area contributed by atoms with Gasteiger partial charge in [-0.1, -0.05) is 6.92 Å². The van der Waals surface area contributed by atoms with E-state index in [1.807, 2.05) is 0 Å². The molecule has 27 heavy (non-hydrogen) atoms. The standard InChI is InChI=1S/C16H28N4O7.H2/c1-4-20(5-2)16(25)27-13(10(22)7-21)12-8(3)9(19-15(17)18)6-11(26-12)14(23)24;/h6,8-10,12-13,21-22H,4-5,7H2,1-3H3,(H,23,24)(H4,17,18,19);1H/t8-,9+,10-,12-,13-;/m1./s1/i;1+2. The van der Waals surface area contributed by atoms with Crippen molar-refractivity contribution in [2.75, 3.05) is 19.7 Å². The molecule has 11 nitrogen and oxygen atoms in total. The number of aliphatic hydroxyl groups is 2. The lowest BCUT2D eigenvalue weighted by molar-refractivity contribution is -0.147. The average molecular weight is 392 g/mol. The molecule has 0 aliphatic carbocycles. The number of carboxylic acids is 1. The summed E-state index contributed by atoms with van der Waals surface area (Å²) in [6.45, 7) is 5.18. The molecule has 0 aromatic carbocycles. The molecule has 0 radical (unpaired) electrons. The van der Waals surface area contributed by atoms with Crippen molar-refractivity contribution >= 4 is 18.0 Å². The van der Waals surface area contributed by atoms with E-state index in [2.05, 4.69) is 4.99 Å². The largest absolute Gasteiger partial charge is 0.479 e. The van der Waals surface area contributed by atoms with Crippen LogP contribution >= 0.6 is 0 Å². The van der Waals surface area contributed by atoms with E-state index in [1.165, 1.54) is 11.0 Å². The highest BCUT2D eigenvalue weighted by atomic mass is 16.6. The third kappa shape index (κ3) is 5.73. The number of nitrogens with zero attached hydrogens (tertiary/aromatic N) is 2. The number of hydrogen-bond donors (Lipinski definition) is 5. The van der Waals surface area contributed by atoms with Crippen LogP contribution in [-0.4, -0.2) is 82.3 Å². The number of aliphatic hydroxyl groups excluding tert-OH is 2. The molecule has 5 atom stereocenters. The van der Waals surface area contributed by atoms with Crippen molar-refractivity contribution in [2.24, 2.45) is 22.4 Å². The SMILES string of the molecule is CCN(CC)C(=O)O[C@@H]([C@@H]1OC(C(=O)O)=C[C@H](N=C(N)N)[C@H]1C)[C@H](O)CO.[3HH]. The zero-order chi connectivity index (χ0) is 20.7. The topological polar surface area (TPSA) is 181 Å². The van der Waals surface area contributed by atoms with Crippen LogP contribution in [0.4, 0.5) is 4.79 Å². The summed E-state index contributed by atoms with van der Waals surface area (Å²) in [5.41, 5.74) is 10.8. The molecule has 1 amide bonds. The van der Waals surface area contributed by atoms with Crippen molar-refractivity contribution in [3.05, 3.63) is 11.8 Å². The number of amides is 1. The molecule has 1 aliphatic heterocycles. The molecule has 1 rings (SSSR count). The number of guanidine groups is 1. The van der Waals surface area contributed by atoms with Crippen LogP contribution in [0.5, 0.6) is 0 Å². The zero-order valence-electron chi connectivity index (χ0n) is 15.6. The van der Waals surface area contributed by atoms with Crippen molar-refractivity contribution < 1.29 is 35.8 Å². The van der Waals surface area contributed by atoms with Crippen molar-refractivity contribution in [1.82, 2.24) is 4.90 Å². The number of carbonyl (C=O) groups is 2. The Morgan fingerprint density at radius 1 is 1.41 bits per heavy atom. The molecule has 0 aromatic heterocycles. The third-order valence-electron chi connectivity index (χ3n) is 4.30. The highest BCUT2D eigenvalue weighted by molar-refractivity contribution is 5.85. The Kier molecular flexibility index (Phi) is 8.32. The molecule has 7 N–H and O–H groups in total. The number of carboxylic acid groups (broad SMARTS) is 1. The molecule has 156 valence electrons. The number of rotatable bonds is 8. The van der Waals surface area contributed by atoms with Gasteiger partial charge in [0.25, 0.3) is 0 Å². The highest BCUT2D eigenvalue weighted by Crippen LogP contribution is 2.30. The lowest BCUT2D eigenvalue weighted by Crippen LogP contribution is -2.52. The van der Waals surface area contributed by atoms with Crippen LogP contribution in [-0.2, 0) is 14.3 Å². The Morgan fingerprint density at radius 2 is 2.00 bits per heavy atom. The molecular formula is C16H30N4O7. The van der Waals surface area contributed by atoms with Gasteiger partial charge in [-0.05, 0) is 19.9 Å². The molecular weight excluding hydrogens is 360 g/mol. The van der Waals surface area contributed by atoms with Crippen molar-refractivity contribution in [2.45, 2.75) is 45.1 Å². The van der Waals surface area contributed by atoms with Crippen LogP contribution in [0.15, 0.2) is 16.8 Å². The van der Waals surface area contributed by atoms with Gasteiger partial charge in [-0.15, -0.1) is 0 Å². The maximum absolute atomic E-state index is 12.3. The van der Waals surface area contributed by atoms with Crippen LogP contribution in [0.2, 0.25) is 0 Å². The maximum atomic E-state index is 12.3. The molecule has 0 spiro atoms. The van der Waals surface area contributed by atoms with Crippen LogP contribution in [0, 0.1) is 5.92 Å². The predicted molar refractivity (Wildman–Crippen MR) is 97.8 cm³/mol. The number of hydrogen-bond acceptors (Lipinski definition) is 7. The summed E-state index contributed by atoms with van der Waals surface area (Å²) in [5.74, 6) is -2.63. The number of aliphatic carboxylic acids is 1. The fraction of sp³-hybridized carbons (Fsp3) is 0.688. The third-order valence-corrected chi connectivity index (χ3v) is 4.30. The number of nitrogens with two attached hydrogens (primary N) is 2. The molecule has 11 heteroatoms. The molecule has 0 bridgehead atoms. The summed E-state index contributed by atoms with van der Waals surface area (Å²) in [5, 5.41) is 28.8. The van der Waals surface area contributed by atoms with Gasteiger partial charge < -0.3 is 41.2 Å². The number of carbonyl (C=O) groups excluding carboxylic acids is 1.